The Kier molecular flexibility index (Phi) is 3.37. The SMILES string of the molecule is Cc1nn(C)c(Sc2ccc3c(c2)CCC3)c1CO. The van der Waals surface area contributed by atoms with Crippen molar-refractivity contribution in [3.63, 3.8) is 0 Å². The second-order valence-corrected chi connectivity index (χ2v) is 6.10. The second kappa shape index (κ2) is 5.02. The molecule has 1 aliphatic carbocycles. The Hall–Kier alpha value is -1.26. The molecule has 0 spiro atoms. The molecule has 1 aromatic carbocycles. The minimum absolute atomic E-state index is 0.0486. The van der Waals surface area contributed by atoms with Gasteiger partial charge in [-0.2, -0.15) is 5.10 Å². The maximum atomic E-state index is 9.48. The van der Waals surface area contributed by atoms with Crippen molar-refractivity contribution in [2.75, 3.05) is 0 Å². The molecule has 4 heteroatoms. The van der Waals surface area contributed by atoms with Crippen molar-refractivity contribution in [3.05, 3.63) is 40.6 Å². The Morgan fingerprint density at radius 3 is 2.89 bits per heavy atom. The van der Waals surface area contributed by atoms with Crippen LogP contribution in [-0.4, -0.2) is 14.9 Å². The lowest BCUT2D eigenvalue weighted by atomic mass is 10.1. The van der Waals surface area contributed by atoms with Crippen LogP contribution in [-0.2, 0) is 26.5 Å². The van der Waals surface area contributed by atoms with Crippen LogP contribution in [0.5, 0.6) is 0 Å². The predicted molar refractivity (Wildman–Crippen MR) is 76.5 cm³/mol. The molecule has 0 radical (unpaired) electrons. The summed E-state index contributed by atoms with van der Waals surface area (Å²) in [5.41, 5.74) is 4.82. The molecular weight excluding hydrogens is 256 g/mol. The number of rotatable bonds is 3. The molecule has 1 heterocycles. The second-order valence-electron chi connectivity index (χ2n) is 5.04. The third-order valence-corrected chi connectivity index (χ3v) is 4.93. The van der Waals surface area contributed by atoms with Crippen molar-refractivity contribution in [2.45, 2.75) is 42.7 Å². The zero-order chi connectivity index (χ0) is 13.4. The van der Waals surface area contributed by atoms with Gasteiger partial charge in [0.15, 0.2) is 0 Å². The van der Waals surface area contributed by atoms with Crippen LogP contribution in [0.15, 0.2) is 28.1 Å². The Labute approximate surface area is 117 Å². The number of aromatic nitrogens is 2. The first-order chi connectivity index (χ1) is 9.19. The largest absolute Gasteiger partial charge is 0.392 e. The third-order valence-electron chi connectivity index (χ3n) is 3.73. The highest BCUT2D eigenvalue weighted by molar-refractivity contribution is 7.99. The van der Waals surface area contributed by atoms with Gasteiger partial charge in [-0.25, -0.2) is 0 Å². The summed E-state index contributed by atoms with van der Waals surface area (Å²) in [6.45, 7) is 1.99. The van der Waals surface area contributed by atoms with Gasteiger partial charge in [0, 0.05) is 17.5 Å². The van der Waals surface area contributed by atoms with Crippen molar-refractivity contribution >= 4 is 11.8 Å². The van der Waals surface area contributed by atoms with Crippen LogP contribution in [0.3, 0.4) is 0 Å². The lowest BCUT2D eigenvalue weighted by Crippen LogP contribution is -1.94. The van der Waals surface area contributed by atoms with Crippen molar-refractivity contribution in [1.82, 2.24) is 9.78 Å². The molecule has 1 aromatic heterocycles. The first kappa shape index (κ1) is 12.8. The number of aliphatic hydroxyl groups excluding tert-OH is 1. The van der Waals surface area contributed by atoms with Crippen LogP contribution >= 0.6 is 11.8 Å². The van der Waals surface area contributed by atoms with Gasteiger partial charge in [-0.1, -0.05) is 17.8 Å². The van der Waals surface area contributed by atoms with E-state index >= 15 is 0 Å². The van der Waals surface area contributed by atoms with Gasteiger partial charge < -0.3 is 5.11 Å². The van der Waals surface area contributed by atoms with E-state index in [9.17, 15) is 5.11 Å². The third kappa shape index (κ3) is 2.30. The molecule has 1 N–H and O–H groups in total. The molecule has 0 unspecified atom stereocenters. The lowest BCUT2D eigenvalue weighted by Gasteiger charge is -2.07. The fourth-order valence-corrected chi connectivity index (χ4v) is 3.78. The molecule has 0 atom stereocenters. The Morgan fingerprint density at radius 2 is 2.11 bits per heavy atom. The predicted octanol–water partition coefficient (Wildman–Crippen LogP) is 2.86. The summed E-state index contributed by atoms with van der Waals surface area (Å²) < 4.78 is 1.86. The Bertz CT molecular complexity index is 619. The molecule has 0 saturated heterocycles. The normalized spacial score (nSPS) is 13.8. The first-order valence-electron chi connectivity index (χ1n) is 6.62. The van der Waals surface area contributed by atoms with E-state index in [4.69, 9.17) is 0 Å². The van der Waals surface area contributed by atoms with Gasteiger partial charge in [0.1, 0.15) is 5.03 Å². The summed E-state index contributed by atoms with van der Waals surface area (Å²) in [5.74, 6) is 0. The summed E-state index contributed by atoms with van der Waals surface area (Å²) in [6.07, 6.45) is 3.68. The van der Waals surface area contributed by atoms with E-state index in [1.165, 1.54) is 35.3 Å². The molecule has 0 saturated carbocycles. The van der Waals surface area contributed by atoms with Gasteiger partial charge in [0.05, 0.1) is 12.3 Å². The maximum absolute atomic E-state index is 9.48. The van der Waals surface area contributed by atoms with Crippen molar-refractivity contribution < 1.29 is 5.11 Å². The Balaban J connectivity index is 1.93. The highest BCUT2D eigenvalue weighted by Crippen LogP contribution is 2.34. The molecule has 3 rings (SSSR count). The highest BCUT2D eigenvalue weighted by Gasteiger charge is 2.16. The minimum atomic E-state index is 0.0486. The van der Waals surface area contributed by atoms with Gasteiger partial charge in [-0.15, -0.1) is 0 Å². The van der Waals surface area contributed by atoms with E-state index < -0.39 is 0 Å². The highest BCUT2D eigenvalue weighted by atomic mass is 32.2. The van der Waals surface area contributed by atoms with Gasteiger partial charge in [-0.3, -0.25) is 4.68 Å². The average molecular weight is 274 g/mol. The van der Waals surface area contributed by atoms with E-state index in [2.05, 4.69) is 23.3 Å². The van der Waals surface area contributed by atoms with Crippen LogP contribution < -0.4 is 0 Å². The van der Waals surface area contributed by atoms with E-state index in [1.807, 2.05) is 18.7 Å². The summed E-state index contributed by atoms with van der Waals surface area (Å²) in [4.78, 5) is 1.23. The topological polar surface area (TPSA) is 38.0 Å². The molecule has 19 heavy (non-hydrogen) atoms. The van der Waals surface area contributed by atoms with Crippen LogP contribution in [0.2, 0.25) is 0 Å². The monoisotopic (exact) mass is 274 g/mol. The van der Waals surface area contributed by atoms with Gasteiger partial charge >= 0.3 is 0 Å². The summed E-state index contributed by atoms with van der Waals surface area (Å²) >= 11 is 1.69. The number of fused-ring (bicyclic) bond motifs is 1. The van der Waals surface area contributed by atoms with Gasteiger partial charge in [0.2, 0.25) is 0 Å². The summed E-state index contributed by atoms with van der Waals surface area (Å²) in [6, 6.07) is 6.71. The summed E-state index contributed by atoms with van der Waals surface area (Å²) in [7, 11) is 1.93. The number of hydrogen-bond acceptors (Lipinski definition) is 3. The van der Waals surface area contributed by atoms with Gasteiger partial charge in [-0.05, 0) is 49.4 Å². The maximum Gasteiger partial charge on any atom is 0.104 e. The molecule has 0 bridgehead atoms. The average Bonchev–Trinajstić information content (AvgIpc) is 2.94. The first-order valence-corrected chi connectivity index (χ1v) is 7.43. The molecule has 0 amide bonds. The number of nitrogens with zero attached hydrogens (tertiary/aromatic N) is 2. The number of benzene rings is 1. The molecule has 100 valence electrons. The molecular formula is C15H18N2OS. The van der Waals surface area contributed by atoms with Crippen molar-refractivity contribution in [1.29, 1.82) is 0 Å². The van der Waals surface area contributed by atoms with Crippen molar-refractivity contribution in [2.24, 2.45) is 7.05 Å². The van der Waals surface area contributed by atoms with Gasteiger partial charge in [0.25, 0.3) is 0 Å². The number of aliphatic hydroxyl groups is 1. The molecule has 2 aromatic rings. The van der Waals surface area contributed by atoms with E-state index in [-0.39, 0.29) is 6.61 Å². The zero-order valence-corrected chi connectivity index (χ0v) is 12.1. The molecule has 3 nitrogen and oxygen atoms in total. The molecule has 1 aliphatic rings. The molecule has 0 aliphatic heterocycles. The quantitative estimate of drug-likeness (QED) is 0.935. The van der Waals surface area contributed by atoms with E-state index in [0.29, 0.717) is 0 Å². The lowest BCUT2D eigenvalue weighted by molar-refractivity contribution is 0.277. The number of aryl methyl sites for hydroxylation is 4. The van der Waals surface area contributed by atoms with E-state index in [0.717, 1.165) is 16.3 Å². The van der Waals surface area contributed by atoms with E-state index in [1.54, 1.807) is 11.8 Å². The van der Waals surface area contributed by atoms with Crippen LogP contribution in [0.1, 0.15) is 28.8 Å². The fraction of sp³-hybridized carbons (Fsp3) is 0.400. The standard InChI is InChI=1S/C15H18N2OS/c1-10-14(9-18)15(17(2)16-10)19-13-7-6-11-4-3-5-12(11)8-13/h6-8,18H,3-5,9H2,1-2H3. The molecule has 0 fully saturated rings. The fourth-order valence-electron chi connectivity index (χ4n) is 2.71. The minimum Gasteiger partial charge on any atom is -0.392 e. The summed E-state index contributed by atoms with van der Waals surface area (Å²) in [5, 5.41) is 14.9. The van der Waals surface area contributed by atoms with Crippen LogP contribution in [0.4, 0.5) is 0 Å². The smallest absolute Gasteiger partial charge is 0.104 e. The van der Waals surface area contributed by atoms with Crippen LogP contribution in [0, 0.1) is 6.92 Å². The van der Waals surface area contributed by atoms with Crippen LogP contribution in [0.25, 0.3) is 0 Å². The van der Waals surface area contributed by atoms with Crippen molar-refractivity contribution in [3.8, 4) is 0 Å². The zero-order valence-electron chi connectivity index (χ0n) is 11.3. The Morgan fingerprint density at radius 1 is 1.32 bits per heavy atom. The number of hydrogen-bond donors (Lipinski definition) is 1.